The molecule has 154 valence electrons. The SMILES string of the molecule is CCn1cc(C=C2CC3C4CCc5cc(O)ccc5C4CCC3(C)C2O)c(C)n1. The van der Waals surface area contributed by atoms with E-state index in [1.807, 2.05) is 16.8 Å². The van der Waals surface area contributed by atoms with E-state index in [0.29, 0.717) is 23.5 Å². The van der Waals surface area contributed by atoms with Crippen LogP contribution < -0.4 is 0 Å². The number of aliphatic hydroxyl groups is 1. The van der Waals surface area contributed by atoms with Crippen molar-refractivity contribution < 1.29 is 10.2 Å². The van der Waals surface area contributed by atoms with Gasteiger partial charge >= 0.3 is 0 Å². The van der Waals surface area contributed by atoms with Gasteiger partial charge < -0.3 is 10.2 Å². The fraction of sp³-hybridized carbons (Fsp3) is 0.560. The zero-order chi connectivity index (χ0) is 20.3. The van der Waals surface area contributed by atoms with E-state index in [4.69, 9.17) is 0 Å². The molecule has 3 aliphatic carbocycles. The summed E-state index contributed by atoms with van der Waals surface area (Å²) in [6.07, 6.45) is 9.33. The number of rotatable bonds is 2. The average molecular weight is 393 g/mol. The van der Waals surface area contributed by atoms with Gasteiger partial charge in [-0.25, -0.2) is 0 Å². The lowest BCUT2D eigenvalue weighted by Gasteiger charge is -2.49. The van der Waals surface area contributed by atoms with E-state index in [1.54, 1.807) is 0 Å². The van der Waals surface area contributed by atoms with Gasteiger partial charge in [-0.3, -0.25) is 4.68 Å². The zero-order valence-electron chi connectivity index (χ0n) is 17.7. The van der Waals surface area contributed by atoms with Crippen molar-refractivity contribution >= 4 is 6.08 Å². The zero-order valence-corrected chi connectivity index (χ0v) is 17.7. The van der Waals surface area contributed by atoms with Crippen LogP contribution in [0.15, 0.2) is 30.0 Å². The summed E-state index contributed by atoms with van der Waals surface area (Å²) in [6.45, 7) is 7.34. The lowest BCUT2D eigenvalue weighted by Crippen LogP contribution is -2.44. The number of hydrogen-bond donors (Lipinski definition) is 2. The molecule has 5 unspecified atom stereocenters. The third kappa shape index (κ3) is 2.87. The first-order valence-corrected chi connectivity index (χ1v) is 11.1. The molecule has 4 nitrogen and oxygen atoms in total. The molecule has 0 amide bonds. The van der Waals surface area contributed by atoms with Gasteiger partial charge in [-0.15, -0.1) is 0 Å². The molecule has 1 aromatic carbocycles. The van der Waals surface area contributed by atoms with E-state index in [1.165, 1.54) is 16.7 Å². The van der Waals surface area contributed by atoms with Gasteiger partial charge in [0.1, 0.15) is 5.75 Å². The summed E-state index contributed by atoms with van der Waals surface area (Å²) in [5, 5.41) is 25.8. The fourth-order valence-corrected chi connectivity index (χ4v) is 6.60. The Morgan fingerprint density at radius 3 is 2.90 bits per heavy atom. The van der Waals surface area contributed by atoms with Crippen LogP contribution in [-0.4, -0.2) is 26.1 Å². The van der Waals surface area contributed by atoms with Crippen molar-refractivity contribution in [1.29, 1.82) is 0 Å². The van der Waals surface area contributed by atoms with Crippen molar-refractivity contribution in [2.45, 2.75) is 71.4 Å². The first-order chi connectivity index (χ1) is 13.9. The van der Waals surface area contributed by atoms with Crippen LogP contribution in [0.4, 0.5) is 0 Å². The number of fused-ring (bicyclic) bond motifs is 5. The molecule has 2 aromatic rings. The minimum Gasteiger partial charge on any atom is -0.508 e. The van der Waals surface area contributed by atoms with Crippen LogP contribution in [0.1, 0.15) is 67.8 Å². The largest absolute Gasteiger partial charge is 0.508 e. The minimum atomic E-state index is -0.362. The first kappa shape index (κ1) is 18.9. The third-order valence-electron chi connectivity index (χ3n) is 8.23. The van der Waals surface area contributed by atoms with Gasteiger partial charge in [0.25, 0.3) is 0 Å². The highest BCUT2D eigenvalue weighted by Gasteiger charge is 2.56. The Morgan fingerprint density at radius 2 is 2.14 bits per heavy atom. The molecular weight excluding hydrogens is 360 g/mol. The molecule has 0 bridgehead atoms. The van der Waals surface area contributed by atoms with Gasteiger partial charge in [-0.2, -0.15) is 5.10 Å². The molecule has 4 heteroatoms. The van der Waals surface area contributed by atoms with Crippen LogP contribution in [0.5, 0.6) is 5.75 Å². The van der Waals surface area contributed by atoms with Crippen LogP contribution in [-0.2, 0) is 13.0 Å². The van der Waals surface area contributed by atoms with Crippen LogP contribution in [0.3, 0.4) is 0 Å². The molecule has 5 atom stereocenters. The maximum Gasteiger partial charge on any atom is 0.115 e. The molecular formula is C25H32N2O2. The summed E-state index contributed by atoms with van der Waals surface area (Å²) in [5.74, 6) is 2.08. The van der Waals surface area contributed by atoms with Crippen LogP contribution in [0, 0.1) is 24.2 Å². The minimum absolute atomic E-state index is 0.0317. The molecule has 0 spiro atoms. The first-order valence-electron chi connectivity index (χ1n) is 11.1. The second-order valence-electron chi connectivity index (χ2n) is 9.69. The summed E-state index contributed by atoms with van der Waals surface area (Å²) < 4.78 is 1.97. The summed E-state index contributed by atoms with van der Waals surface area (Å²) in [4.78, 5) is 0. The van der Waals surface area contributed by atoms with E-state index < -0.39 is 0 Å². The predicted molar refractivity (Wildman–Crippen MR) is 115 cm³/mol. The van der Waals surface area contributed by atoms with E-state index in [0.717, 1.165) is 49.9 Å². The van der Waals surface area contributed by atoms with Gasteiger partial charge in [0.2, 0.25) is 0 Å². The van der Waals surface area contributed by atoms with Crippen LogP contribution in [0.25, 0.3) is 6.08 Å². The Morgan fingerprint density at radius 1 is 1.31 bits per heavy atom. The lowest BCUT2D eigenvalue weighted by atomic mass is 9.55. The summed E-state index contributed by atoms with van der Waals surface area (Å²) >= 11 is 0. The van der Waals surface area contributed by atoms with Gasteiger partial charge in [0.15, 0.2) is 0 Å². The number of aliphatic hydroxyl groups excluding tert-OH is 1. The Kier molecular flexibility index (Phi) is 4.39. The highest BCUT2D eigenvalue weighted by atomic mass is 16.3. The van der Waals surface area contributed by atoms with E-state index in [9.17, 15) is 10.2 Å². The molecule has 0 radical (unpaired) electrons. The van der Waals surface area contributed by atoms with E-state index in [2.05, 4.69) is 44.2 Å². The molecule has 2 N–H and O–H groups in total. The molecule has 3 aliphatic rings. The highest BCUT2D eigenvalue weighted by Crippen LogP contribution is 2.62. The average Bonchev–Trinajstić information content (AvgIpc) is 3.19. The normalized spacial score (nSPS) is 34.7. The second kappa shape index (κ2) is 6.73. The number of nitrogens with zero attached hydrogens (tertiary/aromatic N) is 2. The monoisotopic (exact) mass is 392 g/mol. The van der Waals surface area contributed by atoms with Crippen molar-refractivity contribution in [2.75, 3.05) is 0 Å². The smallest absolute Gasteiger partial charge is 0.115 e. The Balaban J connectivity index is 1.48. The van der Waals surface area contributed by atoms with Gasteiger partial charge in [0.05, 0.1) is 11.8 Å². The quantitative estimate of drug-likeness (QED) is 0.770. The van der Waals surface area contributed by atoms with Crippen molar-refractivity contribution in [2.24, 2.45) is 17.3 Å². The molecule has 0 saturated heterocycles. The molecule has 2 saturated carbocycles. The Labute approximate surface area is 173 Å². The van der Waals surface area contributed by atoms with Crippen LogP contribution in [0.2, 0.25) is 0 Å². The number of aryl methyl sites for hydroxylation is 3. The number of phenols is 1. The number of aromatic nitrogens is 2. The number of benzene rings is 1. The van der Waals surface area contributed by atoms with Gasteiger partial charge in [0, 0.05) is 23.7 Å². The van der Waals surface area contributed by atoms with E-state index >= 15 is 0 Å². The van der Waals surface area contributed by atoms with Crippen molar-refractivity contribution in [1.82, 2.24) is 9.78 Å². The predicted octanol–water partition coefficient (Wildman–Crippen LogP) is 4.83. The molecule has 1 heterocycles. The maximum atomic E-state index is 11.4. The molecule has 2 fully saturated rings. The van der Waals surface area contributed by atoms with Crippen molar-refractivity contribution in [3.8, 4) is 5.75 Å². The molecule has 5 rings (SSSR count). The van der Waals surface area contributed by atoms with Gasteiger partial charge in [-0.05, 0) is 98.6 Å². The maximum absolute atomic E-state index is 11.4. The summed E-state index contributed by atoms with van der Waals surface area (Å²) in [5.41, 5.74) is 6.10. The van der Waals surface area contributed by atoms with Crippen molar-refractivity contribution in [3.05, 3.63) is 52.4 Å². The number of aromatic hydroxyl groups is 1. The number of phenolic OH excluding ortho intramolecular Hbond substituents is 1. The molecule has 29 heavy (non-hydrogen) atoms. The lowest BCUT2D eigenvalue weighted by molar-refractivity contribution is -0.0158. The second-order valence-corrected chi connectivity index (χ2v) is 9.69. The highest BCUT2D eigenvalue weighted by molar-refractivity contribution is 5.57. The third-order valence-corrected chi connectivity index (χ3v) is 8.23. The van der Waals surface area contributed by atoms with Crippen LogP contribution >= 0.6 is 0 Å². The summed E-state index contributed by atoms with van der Waals surface area (Å²) in [7, 11) is 0. The fourth-order valence-electron chi connectivity index (χ4n) is 6.60. The number of hydrogen-bond acceptors (Lipinski definition) is 3. The molecule has 0 aliphatic heterocycles. The summed E-state index contributed by atoms with van der Waals surface area (Å²) in [6, 6.07) is 5.95. The standard InChI is InChI=1S/C25H32N2O2/c1-4-27-14-18(15(2)26-27)11-17-13-23-22-7-5-16-12-19(28)6-8-20(16)21(22)9-10-25(23,3)24(17)29/h6,8,11-12,14,21-24,28-29H,4-5,7,9-10,13H2,1-3H3. The van der Waals surface area contributed by atoms with E-state index in [-0.39, 0.29) is 11.5 Å². The Hall–Kier alpha value is -2.07. The topological polar surface area (TPSA) is 58.3 Å². The molecule has 1 aromatic heterocycles. The van der Waals surface area contributed by atoms with Gasteiger partial charge in [-0.1, -0.05) is 13.0 Å². The Bertz CT molecular complexity index is 975. The van der Waals surface area contributed by atoms with Crippen molar-refractivity contribution in [3.63, 3.8) is 0 Å².